The van der Waals surface area contributed by atoms with E-state index in [4.69, 9.17) is 0 Å². The number of anilines is 1. The van der Waals surface area contributed by atoms with Gasteiger partial charge in [-0.05, 0) is 6.92 Å². The molecule has 0 atom stereocenters. The summed E-state index contributed by atoms with van der Waals surface area (Å²) in [6.45, 7) is 2.84. The molecule has 2 aromatic rings. The van der Waals surface area contributed by atoms with Gasteiger partial charge in [-0.1, -0.05) is 0 Å². The number of aryl methyl sites for hydroxylation is 1. The van der Waals surface area contributed by atoms with Crippen molar-refractivity contribution < 1.29 is 0 Å². The van der Waals surface area contributed by atoms with E-state index in [0.29, 0.717) is 0 Å². The minimum absolute atomic E-state index is 0.831. The summed E-state index contributed by atoms with van der Waals surface area (Å²) >= 11 is 1.63. The average molecular weight is 208 g/mol. The van der Waals surface area contributed by atoms with Gasteiger partial charge in [-0.3, -0.25) is 0 Å². The van der Waals surface area contributed by atoms with Gasteiger partial charge in [0.15, 0.2) is 5.95 Å². The Morgan fingerprint density at radius 3 is 3.07 bits per heavy atom. The van der Waals surface area contributed by atoms with E-state index in [1.54, 1.807) is 11.3 Å². The number of rotatable bonds is 4. The quantitative estimate of drug-likeness (QED) is 0.806. The third-order valence-electron chi connectivity index (χ3n) is 1.86. The second-order valence-corrected chi connectivity index (χ2v) is 3.79. The van der Waals surface area contributed by atoms with Gasteiger partial charge < -0.3 is 10.3 Å². The van der Waals surface area contributed by atoms with Crippen molar-refractivity contribution in [1.29, 1.82) is 0 Å². The van der Waals surface area contributed by atoms with Gasteiger partial charge in [0.2, 0.25) is 0 Å². The van der Waals surface area contributed by atoms with E-state index in [2.05, 4.69) is 25.6 Å². The average Bonchev–Trinajstić information content (AvgIpc) is 2.77. The Morgan fingerprint density at radius 2 is 2.43 bits per heavy atom. The molecule has 0 aliphatic carbocycles. The van der Waals surface area contributed by atoms with Crippen LogP contribution in [-0.2, 0) is 6.42 Å². The summed E-state index contributed by atoms with van der Waals surface area (Å²) < 4.78 is 0. The number of nitrogens with one attached hydrogen (secondary N) is 2. The van der Waals surface area contributed by atoms with Gasteiger partial charge in [-0.25, -0.2) is 9.97 Å². The van der Waals surface area contributed by atoms with E-state index in [-0.39, 0.29) is 0 Å². The Bertz CT molecular complexity index is 379. The molecular weight excluding hydrogens is 196 g/mol. The highest BCUT2D eigenvalue weighted by atomic mass is 32.1. The number of thiazole rings is 1. The zero-order valence-electron chi connectivity index (χ0n) is 7.95. The molecule has 0 radical (unpaired) electrons. The van der Waals surface area contributed by atoms with E-state index in [1.807, 2.05) is 18.6 Å². The number of hydrogen-bond acceptors (Lipinski definition) is 4. The van der Waals surface area contributed by atoms with Gasteiger partial charge in [0.25, 0.3) is 0 Å². The predicted molar refractivity (Wildman–Crippen MR) is 57.6 cm³/mol. The Morgan fingerprint density at radius 1 is 1.50 bits per heavy atom. The second-order valence-electron chi connectivity index (χ2n) is 3.07. The maximum absolute atomic E-state index is 4.20. The molecule has 2 heterocycles. The first kappa shape index (κ1) is 9.21. The van der Waals surface area contributed by atoms with Crippen molar-refractivity contribution >= 4 is 17.3 Å². The molecule has 14 heavy (non-hydrogen) atoms. The van der Waals surface area contributed by atoms with E-state index in [1.165, 1.54) is 0 Å². The van der Waals surface area contributed by atoms with Gasteiger partial charge in [-0.15, -0.1) is 11.3 Å². The Labute approximate surface area is 86.4 Å². The van der Waals surface area contributed by atoms with Crippen molar-refractivity contribution in [1.82, 2.24) is 15.0 Å². The molecule has 0 saturated heterocycles. The van der Waals surface area contributed by atoms with Crippen LogP contribution in [0.4, 0.5) is 5.95 Å². The minimum Gasteiger partial charge on any atom is -0.355 e. The maximum Gasteiger partial charge on any atom is 0.200 e. The molecule has 0 spiro atoms. The van der Waals surface area contributed by atoms with E-state index >= 15 is 0 Å². The molecule has 2 N–H and O–H groups in total. The fourth-order valence-electron chi connectivity index (χ4n) is 1.17. The highest BCUT2D eigenvalue weighted by molar-refractivity contribution is 7.07. The van der Waals surface area contributed by atoms with Crippen LogP contribution in [-0.4, -0.2) is 21.5 Å². The molecule has 74 valence electrons. The molecule has 0 aliphatic rings. The second kappa shape index (κ2) is 4.23. The maximum atomic E-state index is 4.20. The Kier molecular flexibility index (Phi) is 2.78. The topological polar surface area (TPSA) is 53.6 Å². The van der Waals surface area contributed by atoms with Crippen molar-refractivity contribution in [2.75, 3.05) is 11.9 Å². The van der Waals surface area contributed by atoms with Gasteiger partial charge in [0.05, 0.1) is 11.2 Å². The first-order valence-electron chi connectivity index (χ1n) is 4.47. The third kappa shape index (κ3) is 2.32. The zero-order chi connectivity index (χ0) is 9.80. The van der Waals surface area contributed by atoms with Crippen molar-refractivity contribution in [2.24, 2.45) is 0 Å². The lowest BCUT2D eigenvalue weighted by Crippen LogP contribution is -2.06. The first-order valence-corrected chi connectivity index (χ1v) is 5.41. The molecule has 0 aromatic carbocycles. The van der Waals surface area contributed by atoms with Crippen LogP contribution in [0, 0.1) is 6.92 Å². The SMILES string of the molecule is Cc1cnc(NCCc2cscn2)[nH]1. The lowest BCUT2D eigenvalue weighted by Gasteiger charge is -1.99. The van der Waals surface area contributed by atoms with Crippen LogP contribution in [0.25, 0.3) is 0 Å². The largest absolute Gasteiger partial charge is 0.355 e. The van der Waals surface area contributed by atoms with Crippen LogP contribution in [0.1, 0.15) is 11.4 Å². The van der Waals surface area contributed by atoms with Crippen molar-refractivity contribution in [3.05, 3.63) is 28.5 Å². The number of imidazole rings is 1. The fraction of sp³-hybridized carbons (Fsp3) is 0.333. The molecule has 0 saturated carbocycles. The number of nitrogens with zero attached hydrogens (tertiary/aromatic N) is 2. The summed E-state index contributed by atoms with van der Waals surface area (Å²) in [4.78, 5) is 11.5. The molecule has 0 amide bonds. The van der Waals surface area contributed by atoms with E-state index in [9.17, 15) is 0 Å². The molecule has 4 nitrogen and oxygen atoms in total. The summed E-state index contributed by atoms with van der Waals surface area (Å²) in [5, 5.41) is 5.27. The Balaban J connectivity index is 1.78. The summed E-state index contributed by atoms with van der Waals surface area (Å²) in [6.07, 6.45) is 2.74. The highest BCUT2D eigenvalue weighted by Gasteiger charge is 1.97. The van der Waals surface area contributed by atoms with Gasteiger partial charge >= 0.3 is 0 Å². The molecular formula is C9H12N4S. The predicted octanol–water partition coefficient (Wildman–Crippen LogP) is 1.83. The van der Waals surface area contributed by atoms with Crippen LogP contribution in [0.2, 0.25) is 0 Å². The number of hydrogen-bond donors (Lipinski definition) is 2. The zero-order valence-corrected chi connectivity index (χ0v) is 8.77. The van der Waals surface area contributed by atoms with Crippen LogP contribution < -0.4 is 5.32 Å². The van der Waals surface area contributed by atoms with Crippen molar-refractivity contribution in [3.63, 3.8) is 0 Å². The Hall–Kier alpha value is -1.36. The normalized spacial score (nSPS) is 10.4. The van der Waals surface area contributed by atoms with E-state index < -0.39 is 0 Å². The smallest absolute Gasteiger partial charge is 0.200 e. The molecule has 0 unspecified atom stereocenters. The lowest BCUT2D eigenvalue weighted by molar-refractivity contribution is 0.961. The number of aromatic amines is 1. The monoisotopic (exact) mass is 208 g/mol. The van der Waals surface area contributed by atoms with Crippen molar-refractivity contribution in [2.45, 2.75) is 13.3 Å². The highest BCUT2D eigenvalue weighted by Crippen LogP contribution is 2.03. The summed E-state index contributed by atoms with van der Waals surface area (Å²) in [6, 6.07) is 0. The fourth-order valence-corrected chi connectivity index (χ4v) is 1.77. The van der Waals surface area contributed by atoms with Crippen LogP contribution in [0.5, 0.6) is 0 Å². The third-order valence-corrected chi connectivity index (χ3v) is 2.50. The molecule has 2 aromatic heterocycles. The standard InChI is InChI=1S/C9H12N4S/c1-7-4-11-9(13-7)10-3-2-8-5-14-6-12-8/h4-6H,2-3H2,1H3,(H2,10,11,13). The first-order chi connectivity index (χ1) is 6.84. The number of aromatic nitrogens is 3. The summed E-state index contributed by atoms with van der Waals surface area (Å²) in [5.74, 6) is 0.831. The minimum atomic E-state index is 0.831. The lowest BCUT2D eigenvalue weighted by atomic mass is 10.3. The van der Waals surface area contributed by atoms with Gasteiger partial charge in [0, 0.05) is 30.2 Å². The molecule has 5 heteroatoms. The van der Waals surface area contributed by atoms with Gasteiger partial charge in [-0.2, -0.15) is 0 Å². The van der Waals surface area contributed by atoms with Crippen LogP contribution in [0.3, 0.4) is 0 Å². The van der Waals surface area contributed by atoms with Crippen LogP contribution >= 0.6 is 11.3 Å². The summed E-state index contributed by atoms with van der Waals surface area (Å²) in [5.41, 5.74) is 4.05. The summed E-state index contributed by atoms with van der Waals surface area (Å²) in [7, 11) is 0. The van der Waals surface area contributed by atoms with Crippen LogP contribution in [0.15, 0.2) is 17.1 Å². The molecule has 0 bridgehead atoms. The van der Waals surface area contributed by atoms with Crippen molar-refractivity contribution in [3.8, 4) is 0 Å². The molecule has 2 rings (SSSR count). The number of H-pyrrole nitrogens is 1. The van der Waals surface area contributed by atoms with E-state index in [0.717, 1.165) is 30.3 Å². The molecule has 0 aliphatic heterocycles. The molecule has 0 fully saturated rings. The van der Waals surface area contributed by atoms with Gasteiger partial charge in [0.1, 0.15) is 0 Å².